The Labute approximate surface area is 196 Å². The lowest BCUT2D eigenvalue weighted by Gasteiger charge is -2.35. The Bertz CT molecular complexity index is 1050. The number of aromatic nitrogens is 3. The Morgan fingerprint density at radius 2 is 1.79 bits per heavy atom. The van der Waals surface area contributed by atoms with Crippen molar-refractivity contribution in [3.63, 3.8) is 0 Å². The molecule has 2 aromatic heterocycles. The van der Waals surface area contributed by atoms with E-state index in [0.29, 0.717) is 6.54 Å². The molecule has 0 atom stereocenters. The van der Waals surface area contributed by atoms with Crippen LogP contribution >= 0.6 is 0 Å². The van der Waals surface area contributed by atoms with Crippen LogP contribution in [0, 0.1) is 13.8 Å². The maximum Gasteiger partial charge on any atom is 0.238 e. The Kier molecular flexibility index (Phi) is 7.40. The molecule has 1 N–H and O–H groups in total. The van der Waals surface area contributed by atoms with E-state index in [-0.39, 0.29) is 5.91 Å². The van der Waals surface area contributed by atoms with Gasteiger partial charge in [0, 0.05) is 38.1 Å². The zero-order chi connectivity index (χ0) is 23.2. The van der Waals surface area contributed by atoms with Crippen molar-refractivity contribution >= 4 is 17.3 Å². The topological polar surface area (TPSA) is 66.3 Å². The van der Waals surface area contributed by atoms with Gasteiger partial charge >= 0.3 is 0 Å². The Morgan fingerprint density at radius 1 is 1.03 bits per heavy atom. The fourth-order valence-corrected chi connectivity index (χ4v) is 4.46. The van der Waals surface area contributed by atoms with Crippen LogP contribution in [-0.4, -0.2) is 58.3 Å². The lowest BCUT2D eigenvalue weighted by atomic mass is 10.1. The van der Waals surface area contributed by atoms with Crippen molar-refractivity contribution in [2.24, 2.45) is 0 Å². The summed E-state index contributed by atoms with van der Waals surface area (Å²) in [6.45, 7) is 10.2. The highest BCUT2D eigenvalue weighted by Crippen LogP contribution is 2.27. The van der Waals surface area contributed by atoms with E-state index in [0.717, 1.165) is 55.5 Å². The van der Waals surface area contributed by atoms with E-state index >= 15 is 0 Å². The number of piperazine rings is 1. The SMILES string of the molecule is CCCCc1ccc(NC(=O)CN2CCN(c3c(C)nn(-c4ccccn4)c3C)CC2)cc1. The number of amides is 1. The van der Waals surface area contributed by atoms with Crippen LogP contribution < -0.4 is 10.2 Å². The zero-order valence-corrected chi connectivity index (χ0v) is 19.9. The monoisotopic (exact) mass is 446 g/mol. The number of hydrogen-bond donors (Lipinski definition) is 1. The number of nitrogens with zero attached hydrogens (tertiary/aromatic N) is 5. The molecule has 0 aliphatic carbocycles. The number of benzene rings is 1. The summed E-state index contributed by atoms with van der Waals surface area (Å²) >= 11 is 0. The molecular weight excluding hydrogens is 412 g/mol. The van der Waals surface area contributed by atoms with Gasteiger partial charge in [0.2, 0.25) is 5.91 Å². The van der Waals surface area contributed by atoms with Crippen molar-refractivity contribution < 1.29 is 4.79 Å². The summed E-state index contributed by atoms with van der Waals surface area (Å²) in [6.07, 6.45) is 5.27. The lowest BCUT2D eigenvalue weighted by Crippen LogP contribution is -2.49. The third kappa shape index (κ3) is 5.60. The first-order chi connectivity index (χ1) is 16.0. The van der Waals surface area contributed by atoms with Crippen molar-refractivity contribution in [3.8, 4) is 5.82 Å². The second kappa shape index (κ2) is 10.6. The summed E-state index contributed by atoms with van der Waals surface area (Å²) in [5.41, 5.74) is 5.47. The van der Waals surface area contributed by atoms with Crippen LogP contribution in [-0.2, 0) is 11.2 Å². The summed E-state index contributed by atoms with van der Waals surface area (Å²) in [7, 11) is 0. The molecule has 7 heteroatoms. The van der Waals surface area contributed by atoms with Gasteiger partial charge in [-0.1, -0.05) is 31.5 Å². The smallest absolute Gasteiger partial charge is 0.238 e. The molecule has 1 aliphatic heterocycles. The van der Waals surface area contributed by atoms with Gasteiger partial charge in [-0.2, -0.15) is 5.10 Å². The van der Waals surface area contributed by atoms with Crippen LogP contribution in [0.15, 0.2) is 48.7 Å². The number of nitrogens with one attached hydrogen (secondary N) is 1. The molecule has 1 aliphatic rings. The third-order valence-electron chi connectivity index (χ3n) is 6.23. The number of rotatable bonds is 8. The molecule has 0 radical (unpaired) electrons. The number of carbonyl (C=O) groups excluding carboxylic acids is 1. The van der Waals surface area contributed by atoms with Gasteiger partial charge in [-0.15, -0.1) is 0 Å². The molecule has 1 fully saturated rings. The van der Waals surface area contributed by atoms with Crippen LogP contribution in [0.2, 0.25) is 0 Å². The number of hydrogen-bond acceptors (Lipinski definition) is 5. The molecule has 4 rings (SSSR count). The maximum absolute atomic E-state index is 12.6. The highest BCUT2D eigenvalue weighted by atomic mass is 16.2. The predicted octanol–water partition coefficient (Wildman–Crippen LogP) is 3.99. The van der Waals surface area contributed by atoms with E-state index in [1.165, 1.54) is 24.1 Å². The lowest BCUT2D eigenvalue weighted by molar-refractivity contribution is -0.117. The second-order valence-corrected chi connectivity index (χ2v) is 8.73. The molecular formula is C26H34N6O. The fraction of sp³-hybridized carbons (Fsp3) is 0.423. The molecule has 3 aromatic rings. The van der Waals surface area contributed by atoms with E-state index < -0.39 is 0 Å². The Hall–Kier alpha value is -3.19. The predicted molar refractivity (Wildman–Crippen MR) is 133 cm³/mol. The van der Waals surface area contributed by atoms with Crippen molar-refractivity contribution in [2.45, 2.75) is 40.0 Å². The van der Waals surface area contributed by atoms with Crippen molar-refractivity contribution in [1.82, 2.24) is 19.7 Å². The van der Waals surface area contributed by atoms with Gasteiger partial charge in [0.1, 0.15) is 0 Å². The molecule has 33 heavy (non-hydrogen) atoms. The molecule has 0 spiro atoms. The van der Waals surface area contributed by atoms with Gasteiger partial charge in [0.25, 0.3) is 0 Å². The quantitative estimate of drug-likeness (QED) is 0.567. The molecule has 174 valence electrons. The van der Waals surface area contributed by atoms with Crippen LogP contribution in [0.5, 0.6) is 0 Å². The van der Waals surface area contributed by atoms with E-state index in [2.05, 4.69) is 53.0 Å². The first-order valence-corrected chi connectivity index (χ1v) is 11.9. The van der Waals surface area contributed by atoms with Crippen molar-refractivity contribution in [3.05, 3.63) is 65.6 Å². The summed E-state index contributed by atoms with van der Waals surface area (Å²) in [5, 5.41) is 7.77. The second-order valence-electron chi connectivity index (χ2n) is 8.73. The summed E-state index contributed by atoms with van der Waals surface area (Å²) in [4.78, 5) is 21.6. The van der Waals surface area contributed by atoms with Gasteiger partial charge in [-0.05, 0) is 56.5 Å². The Balaban J connectivity index is 1.30. The van der Waals surface area contributed by atoms with Gasteiger partial charge in [0.05, 0.1) is 23.6 Å². The molecule has 1 amide bonds. The standard InChI is InChI=1S/C26H34N6O/c1-4-5-8-22-10-12-23(13-11-22)28-25(33)19-30-15-17-31(18-16-30)26-20(2)29-32(21(26)3)24-9-6-7-14-27-24/h6-7,9-14H,4-5,8,15-19H2,1-3H3,(H,28,33). The number of aryl methyl sites for hydroxylation is 2. The van der Waals surface area contributed by atoms with Crippen molar-refractivity contribution in [2.75, 3.05) is 42.9 Å². The van der Waals surface area contributed by atoms with Crippen LogP contribution in [0.1, 0.15) is 36.7 Å². The molecule has 0 bridgehead atoms. The Morgan fingerprint density at radius 3 is 2.45 bits per heavy atom. The molecule has 3 heterocycles. The number of unbranched alkanes of at least 4 members (excludes halogenated alkanes) is 1. The first kappa shape index (κ1) is 23.0. The van der Waals surface area contributed by atoms with Crippen LogP contribution in [0.25, 0.3) is 5.82 Å². The number of carbonyl (C=O) groups is 1. The van der Waals surface area contributed by atoms with E-state index in [9.17, 15) is 4.79 Å². The van der Waals surface area contributed by atoms with Gasteiger partial charge in [-0.3, -0.25) is 9.69 Å². The van der Waals surface area contributed by atoms with Gasteiger partial charge in [0.15, 0.2) is 5.82 Å². The highest BCUT2D eigenvalue weighted by Gasteiger charge is 2.24. The molecule has 0 saturated carbocycles. The first-order valence-electron chi connectivity index (χ1n) is 11.9. The van der Waals surface area contributed by atoms with Crippen LogP contribution in [0.3, 0.4) is 0 Å². The average molecular weight is 447 g/mol. The van der Waals surface area contributed by atoms with E-state index in [1.54, 1.807) is 6.20 Å². The third-order valence-corrected chi connectivity index (χ3v) is 6.23. The number of anilines is 2. The molecule has 1 saturated heterocycles. The zero-order valence-electron chi connectivity index (χ0n) is 19.9. The summed E-state index contributed by atoms with van der Waals surface area (Å²) in [6, 6.07) is 14.1. The number of pyridine rings is 1. The largest absolute Gasteiger partial charge is 0.366 e. The van der Waals surface area contributed by atoms with Gasteiger partial charge in [-0.25, -0.2) is 9.67 Å². The highest BCUT2D eigenvalue weighted by molar-refractivity contribution is 5.92. The maximum atomic E-state index is 12.6. The minimum atomic E-state index is 0.0418. The van der Waals surface area contributed by atoms with Crippen molar-refractivity contribution in [1.29, 1.82) is 0 Å². The summed E-state index contributed by atoms with van der Waals surface area (Å²) < 4.78 is 1.91. The van der Waals surface area contributed by atoms with E-state index in [1.807, 2.05) is 35.0 Å². The van der Waals surface area contributed by atoms with Gasteiger partial charge < -0.3 is 10.2 Å². The minimum absolute atomic E-state index is 0.0418. The fourth-order valence-electron chi connectivity index (χ4n) is 4.46. The average Bonchev–Trinajstić information content (AvgIpc) is 3.13. The molecule has 0 unspecified atom stereocenters. The molecule has 7 nitrogen and oxygen atoms in total. The molecule has 1 aromatic carbocycles. The van der Waals surface area contributed by atoms with E-state index in [4.69, 9.17) is 5.10 Å². The normalized spacial score (nSPS) is 14.5. The van der Waals surface area contributed by atoms with Crippen LogP contribution in [0.4, 0.5) is 11.4 Å². The minimum Gasteiger partial charge on any atom is -0.366 e. The summed E-state index contributed by atoms with van der Waals surface area (Å²) in [5.74, 6) is 0.873.